The van der Waals surface area contributed by atoms with Gasteiger partial charge in [-0.1, -0.05) is 12.1 Å². The first-order chi connectivity index (χ1) is 17.1. The van der Waals surface area contributed by atoms with Gasteiger partial charge in [0.05, 0.1) is 26.6 Å². The molecule has 1 fully saturated rings. The molecule has 36 heavy (non-hydrogen) atoms. The number of fused-ring (bicyclic) bond motifs is 1. The lowest BCUT2D eigenvalue weighted by molar-refractivity contribution is 0.0926. The minimum atomic E-state index is -3.92. The van der Waals surface area contributed by atoms with Crippen LogP contribution in [0.1, 0.15) is 20.7 Å². The number of sulfonamides is 2. The molecular weight excluding hydrogens is 504 g/mol. The second-order valence-electron chi connectivity index (χ2n) is 8.36. The maximum Gasteiger partial charge on any atom is 0.266 e. The van der Waals surface area contributed by atoms with Gasteiger partial charge in [-0.2, -0.15) is 8.61 Å². The van der Waals surface area contributed by atoms with Crippen LogP contribution < -0.4 is 10.6 Å². The van der Waals surface area contributed by atoms with Gasteiger partial charge in [-0.15, -0.1) is 0 Å². The van der Waals surface area contributed by atoms with Gasteiger partial charge in [-0.3, -0.25) is 9.59 Å². The Balaban J connectivity index is 1.30. The van der Waals surface area contributed by atoms with E-state index >= 15 is 0 Å². The lowest BCUT2D eigenvalue weighted by Crippen LogP contribution is -2.50. The number of carbonyl (C=O) groups excluding carboxylic acids is 2. The number of imide groups is 1. The topological polar surface area (TPSA) is 138 Å². The Morgan fingerprint density at radius 3 is 1.39 bits per heavy atom. The molecule has 5 rings (SSSR count). The molecule has 186 valence electrons. The molecule has 2 amide bonds. The molecular formula is C24H22N4O6S2. The predicted octanol–water partition coefficient (Wildman–Crippen LogP) is 1.76. The number of hydrogen-bond acceptors (Lipinski definition) is 7. The van der Waals surface area contributed by atoms with Crippen molar-refractivity contribution in [3.05, 3.63) is 83.9 Å². The number of nitrogen functional groups attached to an aromatic ring is 1. The lowest BCUT2D eigenvalue weighted by atomic mass is 10.1. The Morgan fingerprint density at radius 1 is 0.583 bits per heavy atom. The first kappa shape index (κ1) is 24.1. The number of anilines is 2. The SMILES string of the molecule is Nc1ccc(S(=O)(=O)N2CCN(S(=O)(=O)c3ccc(N4C(=O)c5ccccc5C4=O)cc3)CC2)cc1. The largest absolute Gasteiger partial charge is 0.399 e. The van der Waals surface area contributed by atoms with Crippen LogP contribution in [0.5, 0.6) is 0 Å². The quantitative estimate of drug-likeness (QED) is 0.395. The molecule has 2 aliphatic heterocycles. The average molecular weight is 527 g/mol. The number of nitrogens with zero attached hydrogens (tertiary/aromatic N) is 3. The van der Waals surface area contributed by atoms with E-state index in [2.05, 4.69) is 0 Å². The summed E-state index contributed by atoms with van der Waals surface area (Å²) in [7, 11) is -7.69. The number of benzene rings is 3. The van der Waals surface area contributed by atoms with Gasteiger partial charge < -0.3 is 5.73 Å². The van der Waals surface area contributed by atoms with Gasteiger partial charge in [0.2, 0.25) is 20.0 Å². The van der Waals surface area contributed by atoms with Crippen LogP contribution in [0.25, 0.3) is 0 Å². The maximum absolute atomic E-state index is 13.2. The van der Waals surface area contributed by atoms with Gasteiger partial charge in [-0.25, -0.2) is 21.7 Å². The lowest BCUT2D eigenvalue weighted by Gasteiger charge is -2.33. The molecule has 2 heterocycles. The Labute approximate surface area is 208 Å². The number of piperazine rings is 1. The van der Waals surface area contributed by atoms with Gasteiger partial charge in [0.1, 0.15) is 0 Å². The number of nitrogens with two attached hydrogens (primary N) is 1. The standard InChI is InChI=1S/C24H22N4O6S2/c25-17-5-9-19(10-6-17)35(31,32)26-13-15-27(16-14-26)36(33,34)20-11-7-18(8-12-20)28-23(29)21-3-1-2-4-22(21)24(28)30/h1-12H,13-16,25H2. The zero-order chi connectivity index (χ0) is 25.7. The summed E-state index contributed by atoms with van der Waals surface area (Å²) >= 11 is 0. The van der Waals surface area contributed by atoms with Crippen LogP contribution in [0.4, 0.5) is 11.4 Å². The molecule has 0 bridgehead atoms. The van der Waals surface area contributed by atoms with E-state index < -0.39 is 31.9 Å². The molecule has 1 saturated heterocycles. The Morgan fingerprint density at radius 2 is 0.972 bits per heavy atom. The summed E-state index contributed by atoms with van der Waals surface area (Å²) in [5, 5.41) is 0. The smallest absolute Gasteiger partial charge is 0.266 e. The highest BCUT2D eigenvalue weighted by molar-refractivity contribution is 7.89. The third kappa shape index (κ3) is 3.97. The molecule has 3 aromatic carbocycles. The van der Waals surface area contributed by atoms with Crippen LogP contribution in [-0.2, 0) is 20.0 Å². The first-order valence-corrected chi connectivity index (χ1v) is 13.9. The summed E-state index contributed by atoms with van der Waals surface area (Å²) in [5.74, 6) is -0.936. The second-order valence-corrected chi connectivity index (χ2v) is 12.2. The van der Waals surface area contributed by atoms with Crippen molar-refractivity contribution < 1.29 is 26.4 Å². The van der Waals surface area contributed by atoms with Crippen LogP contribution in [0.15, 0.2) is 82.6 Å². The molecule has 0 atom stereocenters. The molecule has 3 aromatic rings. The van der Waals surface area contributed by atoms with Crippen molar-refractivity contribution in [2.24, 2.45) is 0 Å². The molecule has 2 aliphatic rings. The van der Waals surface area contributed by atoms with Crippen molar-refractivity contribution in [2.75, 3.05) is 36.8 Å². The van der Waals surface area contributed by atoms with Crippen LogP contribution >= 0.6 is 0 Å². The van der Waals surface area contributed by atoms with Crippen molar-refractivity contribution in [3.8, 4) is 0 Å². The normalized spacial score (nSPS) is 17.4. The number of rotatable bonds is 5. The maximum atomic E-state index is 13.2. The minimum absolute atomic E-state index is 0.000929. The summed E-state index contributed by atoms with van der Waals surface area (Å²) in [6.07, 6.45) is 0. The summed E-state index contributed by atoms with van der Waals surface area (Å²) in [6, 6.07) is 17.8. The highest BCUT2D eigenvalue weighted by atomic mass is 32.2. The van der Waals surface area contributed by atoms with E-state index in [4.69, 9.17) is 5.73 Å². The van der Waals surface area contributed by atoms with Gasteiger partial charge >= 0.3 is 0 Å². The van der Waals surface area contributed by atoms with Crippen LogP contribution in [-0.4, -0.2) is 63.4 Å². The fourth-order valence-electron chi connectivity index (χ4n) is 4.28. The first-order valence-electron chi connectivity index (χ1n) is 11.0. The highest BCUT2D eigenvalue weighted by Gasteiger charge is 2.37. The van der Waals surface area contributed by atoms with E-state index in [9.17, 15) is 26.4 Å². The molecule has 0 aromatic heterocycles. The minimum Gasteiger partial charge on any atom is -0.399 e. The van der Waals surface area contributed by atoms with E-state index in [0.29, 0.717) is 16.8 Å². The van der Waals surface area contributed by atoms with E-state index in [1.165, 1.54) is 57.1 Å². The summed E-state index contributed by atoms with van der Waals surface area (Å²) in [5.41, 5.74) is 6.93. The molecule has 0 unspecified atom stereocenters. The van der Waals surface area contributed by atoms with Crippen LogP contribution in [0.3, 0.4) is 0 Å². The zero-order valence-electron chi connectivity index (χ0n) is 18.9. The van der Waals surface area contributed by atoms with Crippen LogP contribution in [0.2, 0.25) is 0 Å². The third-order valence-corrected chi connectivity index (χ3v) is 10.1. The van der Waals surface area contributed by atoms with Crippen LogP contribution in [0, 0.1) is 0 Å². The fourth-order valence-corrected chi connectivity index (χ4v) is 7.12. The molecule has 12 heteroatoms. The average Bonchev–Trinajstić information content (AvgIpc) is 3.14. The number of hydrogen-bond donors (Lipinski definition) is 1. The van der Waals surface area contributed by atoms with Gasteiger partial charge in [0, 0.05) is 31.9 Å². The second kappa shape index (κ2) is 8.82. The van der Waals surface area contributed by atoms with Crippen molar-refractivity contribution in [1.29, 1.82) is 0 Å². The van der Waals surface area contributed by atoms with E-state index in [1.807, 2.05) is 0 Å². The Bertz CT molecular complexity index is 1530. The van der Waals surface area contributed by atoms with Crippen molar-refractivity contribution >= 4 is 43.2 Å². The summed E-state index contributed by atoms with van der Waals surface area (Å²) < 4.78 is 54.6. The van der Waals surface area contributed by atoms with Gasteiger partial charge in [-0.05, 0) is 60.7 Å². The van der Waals surface area contributed by atoms with E-state index in [1.54, 1.807) is 24.3 Å². The molecule has 0 spiro atoms. The molecule has 10 nitrogen and oxygen atoms in total. The predicted molar refractivity (Wildman–Crippen MR) is 132 cm³/mol. The monoisotopic (exact) mass is 526 g/mol. The van der Waals surface area contributed by atoms with Crippen molar-refractivity contribution in [2.45, 2.75) is 9.79 Å². The van der Waals surface area contributed by atoms with Crippen molar-refractivity contribution in [3.63, 3.8) is 0 Å². The number of carbonyl (C=O) groups is 2. The van der Waals surface area contributed by atoms with Gasteiger partial charge in [0.15, 0.2) is 0 Å². The molecule has 0 aliphatic carbocycles. The Hall–Kier alpha value is -3.58. The van der Waals surface area contributed by atoms with E-state index in [-0.39, 0.29) is 41.7 Å². The molecule has 0 saturated carbocycles. The zero-order valence-corrected chi connectivity index (χ0v) is 20.6. The number of amides is 2. The third-order valence-electron chi connectivity index (χ3n) is 6.24. The Kier molecular flexibility index (Phi) is 5.91. The van der Waals surface area contributed by atoms with Crippen molar-refractivity contribution in [1.82, 2.24) is 8.61 Å². The van der Waals surface area contributed by atoms with E-state index in [0.717, 1.165) is 4.90 Å². The summed E-state index contributed by atoms with van der Waals surface area (Å²) in [4.78, 5) is 26.5. The highest BCUT2D eigenvalue weighted by Crippen LogP contribution is 2.30. The van der Waals surface area contributed by atoms with Gasteiger partial charge in [0.25, 0.3) is 11.8 Å². The molecule has 2 N–H and O–H groups in total. The summed E-state index contributed by atoms with van der Waals surface area (Å²) in [6.45, 7) is -0.0362. The fraction of sp³-hybridized carbons (Fsp3) is 0.167. The molecule has 0 radical (unpaired) electrons.